The molecule has 1 fully saturated rings. The molecule has 0 saturated carbocycles. The van der Waals surface area contributed by atoms with E-state index in [0.717, 1.165) is 6.54 Å². The van der Waals surface area contributed by atoms with Crippen molar-refractivity contribution in [3.63, 3.8) is 0 Å². The maximum atomic E-state index is 11.7. The number of rotatable bonds is 9. The van der Waals surface area contributed by atoms with Gasteiger partial charge >= 0.3 is 0 Å². The molecule has 1 unspecified atom stereocenters. The van der Waals surface area contributed by atoms with Crippen molar-refractivity contribution in [3.05, 3.63) is 26.9 Å². The van der Waals surface area contributed by atoms with Gasteiger partial charge in [0.2, 0.25) is 0 Å². The first-order chi connectivity index (χ1) is 12.3. The molecule has 0 bridgehead atoms. The maximum absolute atomic E-state index is 11.7. The molecule has 1 aliphatic heterocycles. The van der Waals surface area contributed by atoms with Crippen molar-refractivity contribution >= 4 is 12.2 Å². The molecule has 2 rings (SSSR count). The van der Waals surface area contributed by atoms with Crippen molar-refractivity contribution < 1.29 is 19.3 Å². The van der Waals surface area contributed by atoms with E-state index in [4.69, 9.17) is 26.4 Å². The molecule has 0 amide bonds. The summed E-state index contributed by atoms with van der Waals surface area (Å²) in [7, 11) is 3.97. The average Bonchev–Trinajstić information content (AvgIpc) is 2.90. The first kappa shape index (κ1) is 21.2. The third kappa shape index (κ3) is 5.21. The molecule has 9 heteroatoms. The Hall–Kier alpha value is -1.10. The van der Waals surface area contributed by atoms with E-state index < -0.39 is 18.4 Å². The van der Waals surface area contributed by atoms with Crippen LogP contribution in [-0.2, 0) is 14.2 Å². The van der Waals surface area contributed by atoms with E-state index in [1.54, 1.807) is 17.7 Å². The minimum atomic E-state index is -0.777. The maximum Gasteiger partial charge on any atom is 0.254 e. The minimum absolute atomic E-state index is 0.233. The van der Waals surface area contributed by atoms with Crippen LogP contribution in [0.3, 0.4) is 0 Å². The van der Waals surface area contributed by atoms with Crippen LogP contribution in [0.1, 0.15) is 25.1 Å². The molecule has 1 aliphatic rings. The van der Waals surface area contributed by atoms with E-state index in [2.05, 4.69) is 4.98 Å². The average molecular weight is 388 g/mol. The van der Waals surface area contributed by atoms with Gasteiger partial charge in [0, 0.05) is 18.3 Å². The van der Waals surface area contributed by atoms with Gasteiger partial charge in [0.1, 0.15) is 12.2 Å². The highest BCUT2D eigenvalue weighted by Crippen LogP contribution is 2.33. The summed E-state index contributed by atoms with van der Waals surface area (Å²) >= 11 is 5.26. The summed E-state index contributed by atoms with van der Waals surface area (Å²) in [6.45, 7) is 5.85. The lowest BCUT2D eigenvalue weighted by molar-refractivity contribution is -0.0822. The van der Waals surface area contributed by atoms with Gasteiger partial charge < -0.3 is 24.2 Å². The number of aromatic amines is 1. The predicted molar refractivity (Wildman–Crippen MR) is 99.9 cm³/mol. The summed E-state index contributed by atoms with van der Waals surface area (Å²) in [5.41, 5.74) is 0.283. The number of nitrogens with one attached hydrogen (secondary N) is 1. The molecule has 148 valence electrons. The Kier molecular flexibility index (Phi) is 7.93. The summed E-state index contributed by atoms with van der Waals surface area (Å²) in [6, 6.07) is 0. The zero-order valence-electron chi connectivity index (χ0n) is 15.8. The number of likely N-dealkylation sites (N-methyl/N-ethyl adjacent to an activating group) is 1. The Morgan fingerprint density at radius 2 is 2.12 bits per heavy atom. The fraction of sp³-hybridized carbons (Fsp3) is 0.765. The third-order valence-electron chi connectivity index (χ3n) is 4.36. The molecule has 2 heterocycles. The molecule has 4 atom stereocenters. The van der Waals surface area contributed by atoms with Crippen molar-refractivity contribution in [2.24, 2.45) is 0 Å². The van der Waals surface area contributed by atoms with Gasteiger partial charge in [0.15, 0.2) is 11.0 Å². The monoisotopic (exact) mass is 387 g/mol. The van der Waals surface area contributed by atoms with Crippen molar-refractivity contribution in [3.8, 4) is 0 Å². The Labute approximate surface area is 158 Å². The summed E-state index contributed by atoms with van der Waals surface area (Å²) in [5, 5.41) is 10.6. The lowest BCUT2D eigenvalue weighted by Crippen LogP contribution is -2.35. The highest BCUT2D eigenvalue weighted by Gasteiger charge is 2.44. The minimum Gasteiger partial charge on any atom is -0.388 e. The highest BCUT2D eigenvalue weighted by atomic mass is 32.1. The van der Waals surface area contributed by atoms with Crippen LogP contribution in [0.15, 0.2) is 11.0 Å². The second-order valence-corrected chi connectivity index (χ2v) is 7.08. The summed E-state index contributed by atoms with van der Waals surface area (Å²) in [5.74, 6) is 0. The largest absolute Gasteiger partial charge is 0.388 e. The van der Waals surface area contributed by atoms with E-state index in [0.29, 0.717) is 31.8 Å². The molecule has 0 aromatic carbocycles. The highest BCUT2D eigenvalue weighted by molar-refractivity contribution is 7.71. The first-order valence-corrected chi connectivity index (χ1v) is 9.25. The fourth-order valence-electron chi connectivity index (χ4n) is 2.83. The van der Waals surface area contributed by atoms with Crippen LogP contribution in [-0.4, -0.2) is 78.3 Å². The molecule has 2 N–H and O–H groups in total. The number of H-pyrrole nitrogens is 1. The van der Waals surface area contributed by atoms with Crippen LogP contribution >= 0.6 is 12.2 Å². The van der Waals surface area contributed by atoms with Crippen LogP contribution in [0.2, 0.25) is 0 Å². The Balaban J connectivity index is 2.05. The van der Waals surface area contributed by atoms with E-state index in [1.807, 2.05) is 25.9 Å². The SMILES string of the molecule is CC[C@H]1O[C@@H](n2cc(C)c(=O)[nH]c2=S)[C@@H](OCCOCCN(C)C)C1O. The summed E-state index contributed by atoms with van der Waals surface area (Å²) in [6.07, 6.45) is -0.0311. The van der Waals surface area contributed by atoms with Gasteiger partial charge in [-0.15, -0.1) is 0 Å². The molecule has 0 aliphatic carbocycles. The molecular weight excluding hydrogens is 358 g/mol. The standard InChI is InChI=1S/C17H29N3O5S/c1-5-12-13(21)14(24-9-8-23-7-6-19(3)4)16(25-12)20-10-11(2)15(22)18-17(20)26/h10,12-14,16,21H,5-9H2,1-4H3,(H,18,22,26)/t12-,13?,14+,16-/m1/s1. The number of hydrogen-bond donors (Lipinski definition) is 2. The van der Waals surface area contributed by atoms with Crippen LogP contribution in [0.4, 0.5) is 0 Å². The van der Waals surface area contributed by atoms with Crippen LogP contribution < -0.4 is 5.56 Å². The molecule has 26 heavy (non-hydrogen) atoms. The number of ether oxygens (including phenoxy) is 3. The van der Waals surface area contributed by atoms with Gasteiger partial charge in [0.25, 0.3) is 5.56 Å². The zero-order chi connectivity index (χ0) is 19.3. The van der Waals surface area contributed by atoms with Gasteiger partial charge in [0.05, 0.1) is 25.9 Å². The van der Waals surface area contributed by atoms with Gasteiger partial charge in [-0.2, -0.15) is 0 Å². The van der Waals surface area contributed by atoms with Gasteiger partial charge in [-0.1, -0.05) is 6.92 Å². The molecule has 1 saturated heterocycles. The van der Waals surface area contributed by atoms with E-state index in [9.17, 15) is 9.90 Å². The molecule has 0 spiro atoms. The Morgan fingerprint density at radius 3 is 2.77 bits per heavy atom. The third-order valence-corrected chi connectivity index (χ3v) is 4.67. The van der Waals surface area contributed by atoms with E-state index >= 15 is 0 Å². The van der Waals surface area contributed by atoms with Crippen LogP contribution in [0.5, 0.6) is 0 Å². The number of aryl methyl sites for hydroxylation is 1. The molecule has 8 nitrogen and oxygen atoms in total. The second-order valence-electron chi connectivity index (χ2n) is 6.69. The number of aliphatic hydroxyl groups excluding tert-OH is 1. The smallest absolute Gasteiger partial charge is 0.254 e. The first-order valence-electron chi connectivity index (χ1n) is 8.84. The quantitative estimate of drug-likeness (QED) is 0.480. The lowest BCUT2D eigenvalue weighted by atomic mass is 10.1. The van der Waals surface area contributed by atoms with E-state index in [-0.39, 0.29) is 16.4 Å². The fourth-order valence-corrected chi connectivity index (χ4v) is 3.08. The van der Waals surface area contributed by atoms with E-state index in [1.165, 1.54) is 0 Å². The molecule has 1 aromatic rings. The van der Waals surface area contributed by atoms with Gasteiger partial charge in [-0.05, 0) is 39.7 Å². The van der Waals surface area contributed by atoms with Gasteiger partial charge in [-0.25, -0.2) is 0 Å². The number of nitrogens with zero attached hydrogens (tertiary/aromatic N) is 2. The Morgan fingerprint density at radius 1 is 1.38 bits per heavy atom. The van der Waals surface area contributed by atoms with Crippen molar-refractivity contribution in [2.75, 3.05) is 40.5 Å². The second kappa shape index (κ2) is 9.72. The van der Waals surface area contributed by atoms with Crippen molar-refractivity contribution in [1.29, 1.82) is 0 Å². The summed E-state index contributed by atoms with van der Waals surface area (Å²) in [4.78, 5) is 16.4. The normalized spacial score (nSPS) is 25.9. The predicted octanol–water partition coefficient (Wildman–Crippen LogP) is 0.846. The number of aromatic nitrogens is 2. The number of hydrogen-bond acceptors (Lipinski definition) is 7. The molecule has 1 aromatic heterocycles. The zero-order valence-corrected chi connectivity index (χ0v) is 16.6. The van der Waals surface area contributed by atoms with Crippen LogP contribution in [0, 0.1) is 11.7 Å². The number of aliphatic hydroxyl groups is 1. The van der Waals surface area contributed by atoms with Crippen molar-refractivity contribution in [2.45, 2.75) is 44.8 Å². The van der Waals surface area contributed by atoms with Crippen LogP contribution in [0.25, 0.3) is 0 Å². The topological polar surface area (TPSA) is 89.0 Å². The lowest BCUT2D eigenvalue weighted by Gasteiger charge is -2.23. The summed E-state index contributed by atoms with van der Waals surface area (Å²) < 4.78 is 19.2. The van der Waals surface area contributed by atoms with Crippen molar-refractivity contribution in [1.82, 2.24) is 14.5 Å². The van der Waals surface area contributed by atoms with Gasteiger partial charge in [-0.3, -0.25) is 14.3 Å². The molecule has 0 radical (unpaired) electrons. The Bertz CT molecular complexity index is 690. The molecular formula is C17H29N3O5S.